The molecular formula is C24H27N3O2S. The van der Waals surface area contributed by atoms with Gasteiger partial charge in [-0.3, -0.25) is 9.58 Å². The number of hydrogen-bond acceptors (Lipinski definition) is 5. The van der Waals surface area contributed by atoms with Gasteiger partial charge < -0.3 is 9.47 Å². The fourth-order valence-corrected chi connectivity index (χ4v) is 4.63. The molecule has 0 radical (unpaired) electrons. The minimum atomic E-state index is 0.484. The molecular weight excluding hydrogens is 394 g/mol. The second-order valence-electron chi connectivity index (χ2n) is 7.65. The van der Waals surface area contributed by atoms with Crippen molar-refractivity contribution in [2.24, 2.45) is 7.05 Å². The summed E-state index contributed by atoms with van der Waals surface area (Å²) < 4.78 is 14.1. The van der Waals surface area contributed by atoms with Gasteiger partial charge >= 0.3 is 0 Å². The van der Waals surface area contributed by atoms with Gasteiger partial charge in [0.05, 0.1) is 12.3 Å². The number of benzene rings is 1. The second kappa shape index (κ2) is 8.95. The topological polar surface area (TPSA) is 39.5 Å². The van der Waals surface area contributed by atoms with Gasteiger partial charge in [0.25, 0.3) is 0 Å². The summed E-state index contributed by atoms with van der Waals surface area (Å²) in [6.45, 7) is 7.79. The normalized spacial score (nSPS) is 13.9. The number of aromatic nitrogens is 2. The third kappa shape index (κ3) is 4.53. The first kappa shape index (κ1) is 20.5. The summed E-state index contributed by atoms with van der Waals surface area (Å²) in [5.74, 6) is 4.26. The number of hydrogen-bond donors (Lipinski definition) is 0. The molecule has 0 bridgehead atoms. The van der Waals surface area contributed by atoms with Gasteiger partial charge in [0.15, 0.2) is 11.5 Å². The maximum Gasteiger partial charge on any atom is 0.165 e. The first-order valence-corrected chi connectivity index (χ1v) is 11.0. The van der Waals surface area contributed by atoms with E-state index in [0.29, 0.717) is 19.6 Å². The SMILES string of the molecule is C#CCCOc1cc(-c2ccc(C)s2)cc2c1OCCN(Cc1cn(C)nc1C)C2. The van der Waals surface area contributed by atoms with Gasteiger partial charge in [-0.25, -0.2) is 0 Å². The summed E-state index contributed by atoms with van der Waals surface area (Å²) in [6.07, 6.45) is 8.08. The molecule has 156 valence electrons. The van der Waals surface area contributed by atoms with Crippen LogP contribution < -0.4 is 9.47 Å². The predicted molar refractivity (Wildman–Crippen MR) is 121 cm³/mol. The van der Waals surface area contributed by atoms with Crippen LogP contribution in [-0.4, -0.2) is 34.4 Å². The zero-order valence-corrected chi connectivity index (χ0v) is 18.6. The van der Waals surface area contributed by atoms with Gasteiger partial charge in [-0.05, 0) is 43.7 Å². The highest BCUT2D eigenvalue weighted by atomic mass is 32.1. The lowest BCUT2D eigenvalue weighted by Crippen LogP contribution is -2.25. The summed E-state index contributed by atoms with van der Waals surface area (Å²) in [6, 6.07) is 8.64. The summed E-state index contributed by atoms with van der Waals surface area (Å²) >= 11 is 1.79. The molecule has 1 aliphatic heterocycles. The van der Waals surface area contributed by atoms with Crippen LogP contribution in [0.15, 0.2) is 30.5 Å². The molecule has 0 spiro atoms. The van der Waals surface area contributed by atoms with Crippen molar-refractivity contribution < 1.29 is 9.47 Å². The highest BCUT2D eigenvalue weighted by Gasteiger charge is 2.22. The number of nitrogens with zero attached hydrogens (tertiary/aromatic N) is 3. The van der Waals surface area contributed by atoms with E-state index < -0.39 is 0 Å². The highest BCUT2D eigenvalue weighted by Crippen LogP contribution is 2.40. The van der Waals surface area contributed by atoms with Crippen LogP contribution in [0.5, 0.6) is 11.5 Å². The van der Waals surface area contributed by atoms with Crippen LogP contribution >= 0.6 is 11.3 Å². The Bertz CT molecular complexity index is 1080. The smallest absolute Gasteiger partial charge is 0.165 e. The second-order valence-corrected chi connectivity index (χ2v) is 8.94. The Kier molecular flexibility index (Phi) is 6.12. The molecule has 0 saturated carbocycles. The molecule has 0 aliphatic carbocycles. The van der Waals surface area contributed by atoms with Crippen molar-refractivity contribution in [1.29, 1.82) is 0 Å². The molecule has 30 heavy (non-hydrogen) atoms. The van der Waals surface area contributed by atoms with Crippen LogP contribution in [0.1, 0.15) is 28.1 Å². The predicted octanol–water partition coefficient (Wildman–Crippen LogP) is 4.56. The number of terminal acetylenes is 1. The minimum absolute atomic E-state index is 0.484. The number of rotatable bonds is 6. The zero-order chi connectivity index (χ0) is 21.1. The molecule has 0 N–H and O–H groups in total. The average molecular weight is 422 g/mol. The first-order chi connectivity index (χ1) is 14.5. The lowest BCUT2D eigenvalue weighted by Gasteiger charge is -2.19. The van der Waals surface area contributed by atoms with Crippen molar-refractivity contribution in [2.75, 3.05) is 19.8 Å². The number of thiophene rings is 1. The van der Waals surface area contributed by atoms with Crippen molar-refractivity contribution >= 4 is 11.3 Å². The molecule has 3 heterocycles. The molecule has 4 rings (SSSR count). The fourth-order valence-electron chi connectivity index (χ4n) is 3.78. The van der Waals surface area contributed by atoms with Crippen molar-refractivity contribution in [3.05, 3.63) is 52.2 Å². The fraction of sp³-hybridized carbons (Fsp3) is 0.375. The monoisotopic (exact) mass is 421 g/mol. The standard InChI is InChI=1S/C24H27N3O2S/c1-5-6-10-28-22-13-19(23-8-7-17(2)30-23)12-20-15-27(9-11-29-24(20)22)16-21-14-26(4)25-18(21)3/h1,7-8,12-14H,6,9-11,15-16H2,2-4H3. The van der Waals surface area contributed by atoms with E-state index in [0.717, 1.165) is 48.0 Å². The summed E-state index contributed by atoms with van der Waals surface area (Å²) in [4.78, 5) is 4.93. The van der Waals surface area contributed by atoms with Crippen molar-refractivity contribution in [2.45, 2.75) is 33.4 Å². The highest BCUT2D eigenvalue weighted by molar-refractivity contribution is 7.15. The van der Waals surface area contributed by atoms with Gasteiger partial charge in [-0.15, -0.1) is 23.7 Å². The third-order valence-corrected chi connectivity index (χ3v) is 6.27. The van der Waals surface area contributed by atoms with Crippen LogP contribution in [0.4, 0.5) is 0 Å². The Balaban J connectivity index is 1.66. The third-order valence-electron chi connectivity index (χ3n) is 5.22. The Labute approximate surface area is 182 Å². The molecule has 1 aromatic carbocycles. The lowest BCUT2D eigenvalue weighted by atomic mass is 10.1. The molecule has 1 aliphatic rings. The summed E-state index contributed by atoms with van der Waals surface area (Å²) in [5, 5.41) is 4.48. The Morgan fingerprint density at radius 1 is 1.30 bits per heavy atom. The Morgan fingerprint density at radius 3 is 2.87 bits per heavy atom. The van der Waals surface area contributed by atoms with Crippen LogP contribution in [0.2, 0.25) is 0 Å². The average Bonchev–Trinajstić information content (AvgIpc) is 3.20. The maximum atomic E-state index is 6.17. The summed E-state index contributed by atoms with van der Waals surface area (Å²) in [5.41, 5.74) is 4.62. The zero-order valence-electron chi connectivity index (χ0n) is 17.8. The first-order valence-electron chi connectivity index (χ1n) is 10.2. The molecule has 0 amide bonds. The van der Waals surface area contributed by atoms with E-state index in [1.807, 2.05) is 11.7 Å². The van der Waals surface area contributed by atoms with Crippen molar-refractivity contribution in [3.8, 4) is 34.3 Å². The molecule has 3 aromatic rings. The molecule has 2 aromatic heterocycles. The lowest BCUT2D eigenvalue weighted by molar-refractivity contribution is 0.214. The molecule has 0 saturated heterocycles. The van der Waals surface area contributed by atoms with Crippen LogP contribution in [0, 0.1) is 26.2 Å². The van der Waals surface area contributed by atoms with Gasteiger partial charge in [-0.1, -0.05) is 0 Å². The van der Waals surface area contributed by atoms with E-state index in [1.54, 1.807) is 11.3 Å². The van der Waals surface area contributed by atoms with Gasteiger partial charge in [0, 0.05) is 60.2 Å². The van der Waals surface area contributed by atoms with Crippen molar-refractivity contribution in [1.82, 2.24) is 14.7 Å². The van der Waals surface area contributed by atoms with E-state index in [2.05, 4.69) is 60.2 Å². The quantitative estimate of drug-likeness (QED) is 0.432. The van der Waals surface area contributed by atoms with Gasteiger partial charge in [0.2, 0.25) is 0 Å². The van der Waals surface area contributed by atoms with E-state index >= 15 is 0 Å². The Morgan fingerprint density at radius 2 is 2.17 bits per heavy atom. The van der Waals surface area contributed by atoms with Crippen LogP contribution in [0.3, 0.4) is 0 Å². The largest absolute Gasteiger partial charge is 0.489 e. The number of aryl methyl sites for hydroxylation is 3. The van der Waals surface area contributed by atoms with Crippen LogP contribution in [-0.2, 0) is 20.1 Å². The van der Waals surface area contributed by atoms with E-state index in [1.165, 1.54) is 15.3 Å². The van der Waals surface area contributed by atoms with Gasteiger partial charge in [-0.2, -0.15) is 5.10 Å². The van der Waals surface area contributed by atoms with E-state index in [-0.39, 0.29) is 0 Å². The summed E-state index contributed by atoms with van der Waals surface area (Å²) in [7, 11) is 1.96. The van der Waals surface area contributed by atoms with Gasteiger partial charge in [0.1, 0.15) is 6.61 Å². The molecule has 6 heteroatoms. The van der Waals surface area contributed by atoms with Crippen LogP contribution in [0.25, 0.3) is 10.4 Å². The number of ether oxygens (including phenoxy) is 2. The molecule has 0 fully saturated rings. The van der Waals surface area contributed by atoms with Crippen molar-refractivity contribution in [3.63, 3.8) is 0 Å². The molecule has 5 nitrogen and oxygen atoms in total. The molecule has 0 unspecified atom stereocenters. The number of fused-ring (bicyclic) bond motifs is 1. The maximum absolute atomic E-state index is 6.17. The molecule has 0 atom stereocenters. The van der Waals surface area contributed by atoms with E-state index in [9.17, 15) is 0 Å². The van der Waals surface area contributed by atoms with E-state index in [4.69, 9.17) is 15.9 Å². The minimum Gasteiger partial charge on any atom is -0.489 e. The Hall–Kier alpha value is -2.75.